The summed E-state index contributed by atoms with van der Waals surface area (Å²) in [5.74, 6) is 0.761. The van der Waals surface area contributed by atoms with Crippen molar-refractivity contribution < 1.29 is 9.53 Å². The summed E-state index contributed by atoms with van der Waals surface area (Å²) in [6, 6.07) is 4.45. The maximum absolute atomic E-state index is 12.8. The number of hydrogen-bond donors (Lipinski definition) is 0. The predicted molar refractivity (Wildman–Crippen MR) is 107 cm³/mol. The van der Waals surface area contributed by atoms with Crippen LogP contribution in [0.3, 0.4) is 0 Å². The van der Waals surface area contributed by atoms with Crippen LogP contribution in [0, 0.1) is 0 Å². The third-order valence-electron chi connectivity index (χ3n) is 4.66. The average Bonchev–Trinajstić information content (AvgIpc) is 3.04. The van der Waals surface area contributed by atoms with Gasteiger partial charge < -0.3 is 4.74 Å². The first-order chi connectivity index (χ1) is 12.4. The zero-order valence-electron chi connectivity index (χ0n) is 17.1. The molecule has 1 saturated heterocycles. The van der Waals surface area contributed by atoms with E-state index < -0.39 is 5.60 Å². The Kier molecular flexibility index (Phi) is 7.44. The SMILES string of the molecule is CCCCN1CCC[C@H]1c1cccnc1N(CCC)C(=O)OC(C)(C)C. The highest BCUT2D eigenvalue weighted by atomic mass is 16.6. The first kappa shape index (κ1) is 20.7. The van der Waals surface area contributed by atoms with Crippen LogP contribution in [-0.4, -0.2) is 41.2 Å². The number of carbonyl (C=O) groups excluding carboxylic acids is 1. The molecule has 146 valence electrons. The first-order valence-electron chi connectivity index (χ1n) is 10.1. The van der Waals surface area contributed by atoms with Gasteiger partial charge in [-0.2, -0.15) is 0 Å². The molecule has 1 aliphatic heterocycles. The molecule has 1 amide bonds. The van der Waals surface area contributed by atoms with Gasteiger partial charge in [0, 0.05) is 24.3 Å². The molecule has 2 heterocycles. The Balaban J connectivity index is 2.31. The van der Waals surface area contributed by atoms with Crippen molar-refractivity contribution in [3.63, 3.8) is 0 Å². The van der Waals surface area contributed by atoms with Crippen LogP contribution < -0.4 is 4.90 Å². The zero-order valence-corrected chi connectivity index (χ0v) is 17.1. The number of anilines is 1. The molecule has 0 saturated carbocycles. The molecule has 1 aliphatic rings. The highest BCUT2D eigenvalue weighted by Gasteiger charge is 2.31. The van der Waals surface area contributed by atoms with Gasteiger partial charge in [0.1, 0.15) is 11.4 Å². The molecular formula is C21H35N3O2. The molecule has 1 fully saturated rings. The van der Waals surface area contributed by atoms with Crippen molar-refractivity contribution in [1.29, 1.82) is 0 Å². The Hall–Kier alpha value is -1.62. The lowest BCUT2D eigenvalue weighted by Crippen LogP contribution is -2.39. The highest BCUT2D eigenvalue weighted by molar-refractivity contribution is 5.87. The molecule has 1 aromatic heterocycles. The summed E-state index contributed by atoms with van der Waals surface area (Å²) in [7, 11) is 0. The minimum Gasteiger partial charge on any atom is -0.443 e. The van der Waals surface area contributed by atoms with Crippen molar-refractivity contribution in [3.8, 4) is 0 Å². The summed E-state index contributed by atoms with van der Waals surface area (Å²) >= 11 is 0. The van der Waals surface area contributed by atoms with E-state index in [1.807, 2.05) is 26.8 Å². The number of carbonyl (C=O) groups is 1. The van der Waals surface area contributed by atoms with Crippen molar-refractivity contribution in [2.45, 2.75) is 78.4 Å². The van der Waals surface area contributed by atoms with Crippen LogP contribution in [-0.2, 0) is 4.74 Å². The standard InChI is InChI=1S/C21H35N3O2/c1-6-8-15-23-16-10-12-18(23)17-11-9-13-22-19(17)24(14-7-2)20(25)26-21(3,4)5/h9,11,13,18H,6-8,10,12,14-16H2,1-5H3/t18-/m0/s1. The number of ether oxygens (including phenoxy) is 1. The summed E-state index contributed by atoms with van der Waals surface area (Å²) in [5, 5.41) is 0. The van der Waals surface area contributed by atoms with Crippen molar-refractivity contribution in [2.24, 2.45) is 0 Å². The molecule has 0 N–H and O–H groups in total. The highest BCUT2D eigenvalue weighted by Crippen LogP contribution is 2.36. The second-order valence-electron chi connectivity index (χ2n) is 8.10. The van der Waals surface area contributed by atoms with Gasteiger partial charge in [0.05, 0.1) is 0 Å². The number of likely N-dealkylation sites (tertiary alicyclic amines) is 1. The van der Waals surface area contributed by atoms with Gasteiger partial charge in [-0.1, -0.05) is 26.3 Å². The minimum atomic E-state index is -0.515. The maximum atomic E-state index is 12.8. The topological polar surface area (TPSA) is 45.7 Å². The second-order valence-corrected chi connectivity index (χ2v) is 8.10. The fourth-order valence-electron chi connectivity index (χ4n) is 3.53. The van der Waals surface area contributed by atoms with Gasteiger partial charge in [0.2, 0.25) is 0 Å². The predicted octanol–water partition coefficient (Wildman–Crippen LogP) is 5.17. The van der Waals surface area contributed by atoms with Crippen LogP contribution in [0.5, 0.6) is 0 Å². The Bertz CT molecular complexity index is 583. The summed E-state index contributed by atoms with van der Waals surface area (Å²) < 4.78 is 5.65. The van der Waals surface area contributed by atoms with Gasteiger partial charge >= 0.3 is 6.09 Å². The number of aromatic nitrogens is 1. The van der Waals surface area contributed by atoms with Crippen LogP contribution >= 0.6 is 0 Å². The fourth-order valence-corrected chi connectivity index (χ4v) is 3.53. The van der Waals surface area contributed by atoms with Crippen molar-refractivity contribution in [2.75, 3.05) is 24.5 Å². The van der Waals surface area contributed by atoms with Gasteiger partial charge in [-0.3, -0.25) is 9.80 Å². The van der Waals surface area contributed by atoms with Crippen molar-refractivity contribution in [1.82, 2.24) is 9.88 Å². The normalized spacial score (nSPS) is 18.1. The van der Waals surface area contributed by atoms with Gasteiger partial charge in [-0.15, -0.1) is 0 Å². The lowest BCUT2D eigenvalue weighted by Gasteiger charge is -2.31. The summed E-state index contributed by atoms with van der Waals surface area (Å²) in [5.41, 5.74) is 0.638. The largest absolute Gasteiger partial charge is 0.443 e. The Morgan fingerprint density at radius 3 is 2.77 bits per heavy atom. The van der Waals surface area contributed by atoms with E-state index in [-0.39, 0.29) is 6.09 Å². The van der Waals surface area contributed by atoms with Crippen LogP contribution in [0.4, 0.5) is 10.6 Å². The number of amides is 1. The maximum Gasteiger partial charge on any atom is 0.416 e. The quantitative estimate of drug-likeness (QED) is 0.672. The Morgan fingerprint density at radius 1 is 1.35 bits per heavy atom. The van der Waals surface area contributed by atoms with E-state index in [1.54, 1.807) is 11.1 Å². The summed E-state index contributed by atoms with van der Waals surface area (Å²) in [6.45, 7) is 12.8. The number of pyridine rings is 1. The molecule has 0 radical (unpaired) electrons. The molecule has 0 spiro atoms. The summed E-state index contributed by atoms with van der Waals surface area (Å²) in [6.07, 6.45) is 7.05. The van der Waals surface area contributed by atoms with E-state index in [2.05, 4.69) is 29.8 Å². The van der Waals surface area contributed by atoms with E-state index in [4.69, 9.17) is 4.74 Å². The van der Waals surface area contributed by atoms with E-state index in [0.29, 0.717) is 12.6 Å². The van der Waals surface area contributed by atoms with E-state index >= 15 is 0 Å². The molecule has 0 unspecified atom stereocenters. The van der Waals surface area contributed by atoms with E-state index in [0.717, 1.165) is 37.3 Å². The molecule has 1 aromatic rings. The second kappa shape index (κ2) is 9.36. The summed E-state index contributed by atoms with van der Waals surface area (Å²) in [4.78, 5) is 21.7. The lowest BCUT2D eigenvalue weighted by molar-refractivity contribution is 0.0578. The molecule has 2 rings (SSSR count). The number of hydrogen-bond acceptors (Lipinski definition) is 4. The van der Waals surface area contributed by atoms with Gasteiger partial charge in [0.15, 0.2) is 0 Å². The van der Waals surface area contributed by atoms with Crippen molar-refractivity contribution >= 4 is 11.9 Å². The molecule has 5 nitrogen and oxygen atoms in total. The monoisotopic (exact) mass is 361 g/mol. The number of rotatable bonds is 7. The van der Waals surface area contributed by atoms with Crippen LogP contribution in [0.1, 0.15) is 78.3 Å². The molecule has 0 bridgehead atoms. The van der Waals surface area contributed by atoms with Crippen LogP contribution in [0.15, 0.2) is 18.3 Å². The van der Waals surface area contributed by atoms with Gasteiger partial charge in [-0.25, -0.2) is 9.78 Å². The number of nitrogens with zero attached hydrogens (tertiary/aromatic N) is 3. The van der Waals surface area contributed by atoms with Crippen LogP contribution in [0.2, 0.25) is 0 Å². The van der Waals surface area contributed by atoms with Gasteiger partial charge in [-0.05, 0) is 65.6 Å². The van der Waals surface area contributed by atoms with E-state index in [9.17, 15) is 4.79 Å². The third-order valence-corrected chi connectivity index (χ3v) is 4.66. The first-order valence-corrected chi connectivity index (χ1v) is 10.1. The van der Waals surface area contributed by atoms with Crippen LogP contribution in [0.25, 0.3) is 0 Å². The fraction of sp³-hybridized carbons (Fsp3) is 0.714. The molecule has 0 aromatic carbocycles. The Labute approximate surface area is 158 Å². The molecule has 0 aliphatic carbocycles. The zero-order chi connectivity index (χ0) is 19.2. The smallest absolute Gasteiger partial charge is 0.416 e. The average molecular weight is 362 g/mol. The molecule has 26 heavy (non-hydrogen) atoms. The van der Waals surface area contributed by atoms with Gasteiger partial charge in [0.25, 0.3) is 0 Å². The van der Waals surface area contributed by atoms with Crippen molar-refractivity contribution in [3.05, 3.63) is 23.9 Å². The number of unbranched alkanes of at least 4 members (excludes halogenated alkanes) is 1. The Morgan fingerprint density at radius 2 is 2.12 bits per heavy atom. The molecular weight excluding hydrogens is 326 g/mol. The van der Waals surface area contributed by atoms with E-state index in [1.165, 1.54) is 19.3 Å². The minimum absolute atomic E-state index is 0.308. The lowest BCUT2D eigenvalue weighted by atomic mass is 10.0. The molecule has 5 heteroatoms. The molecule has 1 atom stereocenters. The third kappa shape index (κ3) is 5.44.